The lowest BCUT2D eigenvalue weighted by molar-refractivity contribution is -0.137. The van der Waals surface area contributed by atoms with Crippen LogP contribution in [0.1, 0.15) is 61.3 Å². The normalized spacial score (nSPS) is 23.5. The molecule has 1 rings (SSSR count). The van der Waals surface area contributed by atoms with Crippen molar-refractivity contribution in [3.05, 3.63) is 12.2 Å². The van der Waals surface area contributed by atoms with Gasteiger partial charge in [-0.2, -0.15) is 0 Å². The molecule has 2 atom stereocenters. The smallest absolute Gasteiger partial charge is 0.412 e. The van der Waals surface area contributed by atoms with Crippen LogP contribution in [0.3, 0.4) is 0 Å². The highest BCUT2D eigenvalue weighted by molar-refractivity contribution is 6.48. The van der Waals surface area contributed by atoms with Gasteiger partial charge in [-0.05, 0) is 58.5 Å². The Labute approximate surface area is 172 Å². The average Bonchev–Trinajstić information content (AvgIpc) is 2.84. The first kappa shape index (κ1) is 24.7. The highest BCUT2D eigenvalue weighted by Gasteiger charge is 2.52. The van der Waals surface area contributed by atoms with Gasteiger partial charge in [0.05, 0.1) is 6.61 Å². The maximum atomic E-state index is 13.1. The summed E-state index contributed by atoms with van der Waals surface area (Å²) in [6, 6.07) is 0. The van der Waals surface area contributed by atoms with Crippen molar-refractivity contribution in [2.24, 2.45) is 11.3 Å². The summed E-state index contributed by atoms with van der Waals surface area (Å²) < 4.78 is 17.1. The van der Waals surface area contributed by atoms with Gasteiger partial charge in [-0.15, -0.1) is 0 Å². The molecule has 28 heavy (non-hydrogen) atoms. The van der Waals surface area contributed by atoms with Crippen LogP contribution in [0.15, 0.2) is 12.2 Å². The van der Waals surface area contributed by atoms with E-state index in [9.17, 15) is 9.59 Å². The second-order valence-electron chi connectivity index (χ2n) is 9.83. The van der Waals surface area contributed by atoms with E-state index in [2.05, 4.69) is 33.9 Å². The maximum Gasteiger partial charge on any atom is 0.412 e. The minimum absolute atomic E-state index is 0.0226. The molecule has 1 saturated heterocycles. The molecular formula is C21H39NO5Si. The Bertz CT molecular complexity index is 576. The summed E-state index contributed by atoms with van der Waals surface area (Å²) in [5.74, 6) is -0.114. The molecule has 0 unspecified atom stereocenters. The molecular weight excluding hydrogens is 374 g/mol. The van der Waals surface area contributed by atoms with Crippen molar-refractivity contribution in [2.45, 2.75) is 85.7 Å². The number of nitrogens with zero attached hydrogens (tertiary/aromatic N) is 1. The molecule has 0 aromatic heterocycles. The number of likely N-dealkylation sites (tertiary alicyclic amines) is 1. The molecule has 1 aliphatic heterocycles. The number of carbonyl (C=O) groups is 2. The fraction of sp³-hybridized carbons (Fsp3) is 0.810. The first-order valence-electron chi connectivity index (χ1n) is 10.2. The van der Waals surface area contributed by atoms with Gasteiger partial charge in [0.1, 0.15) is 11.3 Å². The lowest BCUT2D eigenvalue weighted by Gasteiger charge is -2.40. The minimum Gasteiger partial charge on any atom is -0.463 e. The third-order valence-corrected chi connectivity index (χ3v) is 5.64. The quantitative estimate of drug-likeness (QED) is 0.364. The number of rotatable bonds is 6. The largest absolute Gasteiger partial charge is 0.463 e. The second-order valence-corrected chi connectivity index (χ2v) is 12.2. The molecule has 0 saturated carbocycles. The molecule has 1 fully saturated rings. The third kappa shape index (κ3) is 7.24. The van der Waals surface area contributed by atoms with Crippen LogP contribution in [0.4, 0.5) is 4.79 Å². The zero-order valence-electron chi connectivity index (χ0n) is 19.1. The maximum absolute atomic E-state index is 13.1. The molecule has 1 aliphatic rings. The van der Waals surface area contributed by atoms with Crippen LogP contribution in [0, 0.1) is 11.3 Å². The highest BCUT2D eigenvalue weighted by Crippen LogP contribution is 2.45. The Morgan fingerprint density at radius 1 is 1.18 bits per heavy atom. The van der Waals surface area contributed by atoms with Crippen LogP contribution in [0.25, 0.3) is 0 Å². The van der Waals surface area contributed by atoms with Crippen LogP contribution in [0.2, 0.25) is 13.1 Å². The molecule has 0 radical (unpaired) electrons. The first-order chi connectivity index (χ1) is 12.7. The predicted molar refractivity (Wildman–Crippen MR) is 114 cm³/mol. The predicted octanol–water partition coefficient (Wildman–Crippen LogP) is 4.50. The molecule has 0 N–H and O–H groups in total. The standard InChI is InChI=1S/C21H39NO5Si/c1-10-25-17(23)12-11-13-21(27-28(8)9)14-16(19(2,3)4)15-22(21)18(24)26-20(5,6)7/h11-12,16,28H,10,13-15H2,1-9H3/t16-,21+/m0/s1. The van der Waals surface area contributed by atoms with E-state index in [-0.39, 0.29) is 23.4 Å². The van der Waals surface area contributed by atoms with Crippen molar-refractivity contribution in [1.29, 1.82) is 0 Å². The zero-order valence-corrected chi connectivity index (χ0v) is 20.3. The number of hydrogen-bond donors (Lipinski definition) is 0. The average molecular weight is 414 g/mol. The summed E-state index contributed by atoms with van der Waals surface area (Å²) in [5.41, 5.74) is -1.35. The van der Waals surface area contributed by atoms with Gasteiger partial charge in [-0.3, -0.25) is 4.90 Å². The van der Waals surface area contributed by atoms with Gasteiger partial charge in [0.2, 0.25) is 0 Å². The van der Waals surface area contributed by atoms with Crippen molar-refractivity contribution in [3.63, 3.8) is 0 Å². The molecule has 6 nitrogen and oxygen atoms in total. The monoisotopic (exact) mass is 413 g/mol. The Balaban J connectivity index is 3.22. The van der Waals surface area contributed by atoms with Crippen LogP contribution >= 0.6 is 0 Å². The third-order valence-electron chi connectivity index (χ3n) is 4.73. The van der Waals surface area contributed by atoms with Gasteiger partial charge in [0.25, 0.3) is 0 Å². The number of ether oxygens (including phenoxy) is 2. The topological polar surface area (TPSA) is 65.1 Å². The molecule has 1 amide bonds. The summed E-state index contributed by atoms with van der Waals surface area (Å²) in [6.07, 6.45) is 3.97. The van der Waals surface area contributed by atoms with E-state index >= 15 is 0 Å². The van der Waals surface area contributed by atoms with Crippen molar-refractivity contribution in [3.8, 4) is 0 Å². The molecule has 7 heteroatoms. The molecule has 162 valence electrons. The minimum atomic E-state index is -1.48. The summed E-state index contributed by atoms with van der Waals surface area (Å²) in [7, 11) is -1.48. The Morgan fingerprint density at radius 2 is 1.79 bits per heavy atom. The van der Waals surface area contributed by atoms with Crippen molar-refractivity contribution < 1.29 is 23.5 Å². The van der Waals surface area contributed by atoms with Crippen LogP contribution in [-0.4, -0.2) is 50.5 Å². The Hall–Kier alpha value is -1.34. The number of amides is 1. The van der Waals surface area contributed by atoms with Crippen LogP contribution < -0.4 is 0 Å². The van der Waals surface area contributed by atoms with Gasteiger partial charge in [-0.1, -0.05) is 26.8 Å². The fourth-order valence-corrected chi connectivity index (χ4v) is 4.60. The van der Waals surface area contributed by atoms with Gasteiger partial charge in [-0.25, -0.2) is 9.59 Å². The number of carbonyl (C=O) groups excluding carboxylic acids is 2. The zero-order chi connectivity index (χ0) is 21.8. The van der Waals surface area contributed by atoms with Crippen molar-refractivity contribution >= 4 is 21.1 Å². The molecule has 0 aliphatic carbocycles. The lowest BCUT2D eigenvalue weighted by atomic mass is 9.78. The van der Waals surface area contributed by atoms with Gasteiger partial charge < -0.3 is 13.9 Å². The SMILES string of the molecule is CCOC(=O)C=CC[C@@]1(O[SiH](C)C)C[C@H](C(C)(C)C)CN1C(=O)OC(C)(C)C. The van der Waals surface area contributed by atoms with E-state index in [1.165, 1.54) is 6.08 Å². The summed E-state index contributed by atoms with van der Waals surface area (Å²) in [6.45, 7) is 19.0. The molecule has 0 aromatic carbocycles. The lowest BCUT2D eigenvalue weighted by Crippen LogP contribution is -2.52. The number of esters is 1. The van der Waals surface area contributed by atoms with Crippen molar-refractivity contribution in [2.75, 3.05) is 13.2 Å². The van der Waals surface area contributed by atoms with E-state index in [4.69, 9.17) is 13.9 Å². The van der Waals surface area contributed by atoms with Crippen LogP contribution in [-0.2, 0) is 18.7 Å². The second kappa shape index (κ2) is 9.44. The van der Waals surface area contributed by atoms with Gasteiger partial charge in [0, 0.05) is 19.0 Å². The van der Waals surface area contributed by atoms with Crippen molar-refractivity contribution in [1.82, 2.24) is 4.90 Å². The van der Waals surface area contributed by atoms with Crippen LogP contribution in [0.5, 0.6) is 0 Å². The molecule has 0 spiro atoms. The Kier molecular flexibility index (Phi) is 8.32. The fourth-order valence-electron chi connectivity index (χ4n) is 3.41. The van der Waals surface area contributed by atoms with Gasteiger partial charge >= 0.3 is 12.1 Å². The molecule has 0 aromatic rings. The number of hydrogen-bond acceptors (Lipinski definition) is 5. The summed E-state index contributed by atoms with van der Waals surface area (Å²) >= 11 is 0. The molecule has 1 heterocycles. The summed E-state index contributed by atoms with van der Waals surface area (Å²) in [4.78, 5) is 26.5. The van der Waals surface area contributed by atoms with E-state index in [1.807, 2.05) is 20.8 Å². The van der Waals surface area contributed by atoms with E-state index in [0.717, 1.165) is 0 Å². The van der Waals surface area contributed by atoms with E-state index < -0.39 is 20.4 Å². The molecule has 0 bridgehead atoms. The van der Waals surface area contributed by atoms with Gasteiger partial charge in [0.15, 0.2) is 9.04 Å². The van der Waals surface area contributed by atoms with E-state index in [0.29, 0.717) is 26.0 Å². The highest BCUT2D eigenvalue weighted by atomic mass is 28.3. The summed E-state index contributed by atoms with van der Waals surface area (Å²) in [5, 5.41) is 0. The van der Waals surface area contributed by atoms with E-state index in [1.54, 1.807) is 17.9 Å². The first-order valence-corrected chi connectivity index (χ1v) is 13.0. The Morgan fingerprint density at radius 3 is 2.25 bits per heavy atom.